The van der Waals surface area contributed by atoms with Crippen molar-refractivity contribution in [3.05, 3.63) is 53.6 Å². The van der Waals surface area contributed by atoms with E-state index < -0.39 is 17.7 Å². The zero-order chi connectivity index (χ0) is 14.7. The molecule has 0 radical (unpaired) electrons. The number of carbonyl (C=O) groups excluding carboxylic acids is 1. The number of hydrogen-bond acceptors (Lipinski definition) is 4. The smallest absolute Gasteiger partial charge is 0.335 e. The lowest BCUT2D eigenvalue weighted by Gasteiger charge is -2.07. The van der Waals surface area contributed by atoms with Gasteiger partial charge in [-0.25, -0.2) is 14.2 Å². The molecule has 0 aliphatic rings. The van der Waals surface area contributed by atoms with Crippen molar-refractivity contribution in [2.75, 3.05) is 5.32 Å². The number of aromatic nitrogens is 1. The number of benzene rings is 1. The van der Waals surface area contributed by atoms with Gasteiger partial charge in [0.1, 0.15) is 17.3 Å². The largest absolute Gasteiger partial charge is 0.506 e. The molecular formula is C13H9FN2O4. The maximum Gasteiger partial charge on any atom is 0.335 e. The highest BCUT2D eigenvalue weighted by atomic mass is 19.1. The maximum absolute atomic E-state index is 12.7. The number of carboxylic acid groups (broad SMARTS) is 1. The Labute approximate surface area is 112 Å². The highest BCUT2D eigenvalue weighted by Crippen LogP contribution is 2.24. The first kappa shape index (κ1) is 13.5. The molecule has 0 saturated carbocycles. The standard InChI is InChI=1S/C13H9FN2O4/c14-8-2-3-9(15-6-8)12(18)16-10-5-7(13(19)20)1-4-11(10)17/h1-6,17H,(H,16,18)(H,19,20). The first-order valence-corrected chi connectivity index (χ1v) is 5.46. The number of pyridine rings is 1. The van der Waals surface area contributed by atoms with Crippen LogP contribution in [0.5, 0.6) is 5.75 Å². The topological polar surface area (TPSA) is 99.5 Å². The fourth-order valence-corrected chi connectivity index (χ4v) is 1.47. The molecule has 1 amide bonds. The van der Waals surface area contributed by atoms with Crippen LogP contribution in [0.1, 0.15) is 20.8 Å². The predicted octanol–water partition coefficient (Wildman–Crippen LogP) is 1.88. The van der Waals surface area contributed by atoms with Crippen LogP contribution >= 0.6 is 0 Å². The Kier molecular flexibility index (Phi) is 3.60. The van der Waals surface area contributed by atoms with E-state index in [0.29, 0.717) is 0 Å². The monoisotopic (exact) mass is 276 g/mol. The molecule has 102 valence electrons. The predicted molar refractivity (Wildman–Crippen MR) is 67.2 cm³/mol. The summed E-state index contributed by atoms with van der Waals surface area (Å²) in [6.07, 6.45) is 0.877. The number of carboxylic acids is 1. The molecule has 1 heterocycles. The number of phenols is 1. The molecule has 2 rings (SSSR count). The van der Waals surface area contributed by atoms with Crippen LogP contribution in [0.4, 0.5) is 10.1 Å². The summed E-state index contributed by atoms with van der Waals surface area (Å²) in [5.74, 6) is -2.76. The molecule has 0 saturated heterocycles. The normalized spacial score (nSPS) is 10.1. The highest BCUT2D eigenvalue weighted by Gasteiger charge is 2.13. The summed E-state index contributed by atoms with van der Waals surface area (Å²) < 4.78 is 12.7. The lowest BCUT2D eigenvalue weighted by molar-refractivity contribution is 0.0696. The number of aromatic hydroxyl groups is 1. The average Bonchev–Trinajstić information content (AvgIpc) is 2.41. The second-order valence-corrected chi connectivity index (χ2v) is 3.85. The highest BCUT2D eigenvalue weighted by molar-refractivity contribution is 6.04. The Balaban J connectivity index is 2.25. The number of nitrogens with zero attached hydrogens (tertiary/aromatic N) is 1. The average molecular weight is 276 g/mol. The van der Waals surface area contributed by atoms with Crippen LogP contribution in [-0.2, 0) is 0 Å². The minimum Gasteiger partial charge on any atom is -0.506 e. The van der Waals surface area contributed by atoms with E-state index >= 15 is 0 Å². The molecule has 1 aromatic carbocycles. The minimum absolute atomic E-state index is 0.0634. The molecule has 0 bridgehead atoms. The summed E-state index contributed by atoms with van der Waals surface area (Å²) in [7, 11) is 0. The second-order valence-electron chi connectivity index (χ2n) is 3.85. The number of halogens is 1. The number of rotatable bonds is 3. The zero-order valence-corrected chi connectivity index (χ0v) is 10.0. The summed E-state index contributed by atoms with van der Waals surface area (Å²) in [4.78, 5) is 26.2. The summed E-state index contributed by atoms with van der Waals surface area (Å²) in [6, 6.07) is 5.69. The van der Waals surface area contributed by atoms with E-state index in [9.17, 15) is 19.1 Å². The molecule has 20 heavy (non-hydrogen) atoms. The van der Waals surface area contributed by atoms with Gasteiger partial charge < -0.3 is 15.5 Å². The third-order valence-electron chi connectivity index (χ3n) is 2.45. The molecule has 0 fully saturated rings. The van der Waals surface area contributed by atoms with Crippen molar-refractivity contribution in [3.8, 4) is 5.75 Å². The summed E-state index contributed by atoms with van der Waals surface area (Å²) in [5.41, 5.74) is -0.224. The molecule has 6 nitrogen and oxygen atoms in total. The number of carbonyl (C=O) groups is 2. The minimum atomic E-state index is -1.19. The van der Waals surface area contributed by atoms with E-state index in [4.69, 9.17) is 5.11 Å². The van der Waals surface area contributed by atoms with E-state index in [1.807, 2.05) is 0 Å². The van der Waals surface area contributed by atoms with Crippen molar-refractivity contribution >= 4 is 17.6 Å². The van der Waals surface area contributed by atoms with Crippen molar-refractivity contribution in [3.63, 3.8) is 0 Å². The molecule has 0 spiro atoms. The number of anilines is 1. The van der Waals surface area contributed by atoms with Crippen LogP contribution in [0.3, 0.4) is 0 Å². The number of aromatic carboxylic acids is 1. The Morgan fingerprint density at radius 1 is 1.20 bits per heavy atom. The van der Waals surface area contributed by atoms with Gasteiger partial charge in [-0.15, -0.1) is 0 Å². The van der Waals surface area contributed by atoms with Gasteiger partial charge in [0, 0.05) is 0 Å². The number of nitrogens with one attached hydrogen (secondary N) is 1. The van der Waals surface area contributed by atoms with Gasteiger partial charge in [-0.2, -0.15) is 0 Å². The van der Waals surface area contributed by atoms with E-state index in [2.05, 4.69) is 10.3 Å². The van der Waals surface area contributed by atoms with Gasteiger partial charge in [-0.1, -0.05) is 0 Å². The van der Waals surface area contributed by atoms with Crippen molar-refractivity contribution in [2.45, 2.75) is 0 Å². The fourth-order valence-electron chi connectivity index (χ4n) is 1.47. The number of hydrogen-bond donors (Lipinski definition) is 3. The third-order valence-corrected chi connectivity index (χ3v) is 2.45. The van der Waals surface area contributed by atoms with Crippen molar-refractivity contribution in [1.29, 1.82) is 0 Å². The van der Waals surface area contributed by atoms with Crippen LogP contribution in [0, 0.1) is 5.82 Å². The SMILES string of the molecule is O=C(O)c1ccc(O)c(NC(=O)c2ccc(F)cn2)c1. The summed E-state index contributed by atoms with van der Waals surface area (Å²) >= 11 is 0. The molecule has 0 aliphatic carbocycles. The van der Waals surface area contributed by atoms with E-state index in [1.165, 1.54) is 12.1 Å². The van der Waals surface area contributed by atoms with Gasteiger partial charge in [-0.3, -0.25) is 4.79 Å². The lowest BCUT2D eigenvalue weighted by Crippen LogP contribution is -2.14. The van der Waals surface area contributed by atoms with Gasteiger partial charge >= 0.3 is 5.97 Å². The van der Waals surface area contributed by atoms with Crippen LogP contribution in [0.15, 0.2) is 36.5 Å². The lowest BCUT2D eigenvalue weighted by atomic mass is 10.2. The summed E-state index contributed by atoms with van der Waals surface area (Å²) in [5, 5.41) is 20.7. The molecule has 0 atom stereocenters. The quantitative estimate of drug-likeness (QED) is 0.743. The third kappa shape index (κ3) is 2.89. The van der Waals surface area contributed by atoms with Crippen LogP contribution in [0.25, 0.3) is 0 Å². The summed E-state index contributed by atoms with van der Waals surface area (Å²) in [6.45, 7) is 0. The molecule has 7 heteroatoms. The molecular weight excluding hydrogens is 267 g/mol. The van der Waals surface area contributed by atoms with Gasteiger partial charge in [0.15, 0.2) is 0 Å². The molecule has 3 N–H and O–H groups in total. The Hall–Kier alpha value is -2.96. The van der Waals surface area contributed by atoms with Crippen molar-refractivity contribution < 1.29 is 24.2 Å². The maximum atomic E-state index is 12.7. The van der Waals surface area contributed by atoms with E-state index in [0.717, 1.165) is 24.4 Å². The Morgan fingerprint density at radius 3 is 2.55 bits per heavy atom. The van der Waals surface area contributed by atoms with Gasteiger partial charge in [-0.05, 0) is 30.3 Å². The second kappa shape index (κ2) is 5.35. The Morgan fingerprint density at radius 2 is 1.95 bits per heavy atom. The number of amides is 1. The molecule has 1 aromatic heterocycles. The molecule has 0 aliphatic heterocycles. The van der Waals surface area contributed by atoms with E-state index in [1.54, 1.807) is 0 Å². The first-order valence-electron chi connectivity index (χ1n) is 5.46. The number of phenolic OH excluding ortho intramolecular Hbond substituents is 1. The van der Waals surface area contributed by atoms with Gasteiger partial charge in [0.2, 0.25) is 0 Å². The van der Waals surface area contributed by atoms with Crippen LogP contribution in [-0.4, -0.2) is 27.1 Å². The van der Waals surface area contributed by atoms with E-state index in [-0.39, 0.29) is 22.7 Å². The van der Waals surface area contributed by atoms with Crippen molar-refractivity contribution in [2.24, 2.45) is 0 Å². The van der Waals surface area contributed by atoms with Crippen molar-refractivity contribution in [1.82, 2.24) is 4.98 Å². The molecule has 0 unspecified atom stereocenters. The molecule has 2 aromatic rings. The zero-order valence-electron chi connectivity index (χ0n) is 10.0. The van der Waals surface area contributed by atoms with Crippen LogP contribution < -0.4 is 5.32 Å². The van der Waals surface area contributed by atoms with Gasteiger partial charge in [0.25, 0.3) is 5.91 Å². The first-order chi connectivity index (χ1) is 9.47. The van der Waals surface area contributed by atoms with Gasteiger partial charge in [0.05, 0.1) is 17.4 Å². The Bertz CT molecular complexity index is 671. The fraction of sp³-hybridized carbons (Fsp3) is 0. The van der Waals surface area contributed by atoms with Crippen LogP contribution in [0.2, 0.25) is 0 Å².